The molecule has 0 saturated carbocycles. The molecule has 2 radical (unpaired) electrons. The van der Waals surface area contributed by atoms with E-state index in [4.69, 9.17) is 26.4 Å². The Hall–Kier alpha value is 1.56. The molecule has 12 heteroatoms. The standard InChI is InChI=1S/Ni.2H2O.6O.2Sb.Ti/h;2*1H2;;;;;;;;;/q;;;;;;;;;;+2;/p-2. The van der Waals surface area contributed by atoms with Gasteiger partial charge in [-0.05, 0) is 0 Å². The van der Waals surface area contributed by atoms with Crippen LogP contribution in [0.15, 0.2) is 0 Å². The molecule has 0 spiro atoms. The molecule has 0 bridgehead atoms. The van der Waals surface area contributed by atoms with Crippen LogP contribution in [0.5, 0.6) is 0 Å². The number of rotatable bonds is 0. The monoisotopic (exact) mass is 478 g/mol. The summed E-state index contributed by atoms with van der Waals surface area (Å²) in [6.45, 7) is 0. The summed E-state index contributed by atoms with van der Waals surface area (Å²) in [5.41, 5.74) is 0. The van der Waals surface area contributed by atoms with E-state index in [1.54, 1.807) is 0 Å². The molecule has 0 aromatic rings. The van der Waals surface area contributed by atoms with Crippen molar-refractivity contribution in [3.05, 3.63) is 0 Å². The molecule has 0 heterocycles. The van der Waals surface area contributed by atoms with Crippen LogP contribution in [-0.2, 0) is 54.1 Å². The Morgan fingerprint density at radius 3 is 1.17 bits per heavy atom. The molecule has 0 aliphatic carbocycles. The van der Waals surface area contributed by atoms with Gasteiger partial charge in [0, 0.05) is 0 Å². The van der Waals surface area contributed by atoms with E-state index in [9.17, 15) is 0 Å². The molecular formula is H2NiO8Sb2Ti. The van der Waals surface area contributed by atoms with Crippen LogP contribution in [0.3, 0.4) is 0 Å². The van der Waals surface area contributed by atoms with Gasteiger partial charge in [0.15, 0.2) is 0 Å². The molecule has 0 fully saturated rings. The zero-order valence-electron chi connectivity index (χ0n) is 5.05. The van der Waals surface area contributed by atoms with Crippen LogP contribution in [-0.4, -0.2) is 49.4 Å². The van der Waals surface area contributed by atoms with Crippen LogP contribution >= 0.6 is 0 Å². The van der Waals surface area contributed by atoms with Gasteiger partial charge in [-0.15, -0.1) is 0 Å². The first kappa shape index (κ1) is 23.4. The minimum atomic E-state index is -3.70. The molecule has 74 valence electrons. The van der Waals surface area contributed by atoms with Crippen molar-refractivity contribution in [3.8, 4) is 0 Å². The van der Waals surface area contributed by atoms with Gasteiger partial charge in [-0.25, -0.2) is 0 Å². The third kappa shape index (κ3) is 528. The normalized spacial score (nSPS) is 4.00. The first-order chi connectivity index (χ1) is 5.56. The van der Waals surface area contributed by atoms with Gasteiger partial charge in [0.25, 0.3) is 0 Å². The predicted octanol–water partition coefficient (Wildman–Crippen LogP) is -2.59. The summed E-state index contributed by atoms with van der Waals surface area (Å²) < 4.78 is 65.2. The molecular weight excluding hydrogens is 478 g/mol. The molecule has 0 amide bonds. The van der Waals surface area contributed by atoms with Crippen molar-refractivity contribution in [1.82, 2.24) is 0 Å². The number of hydrogen-bond donors (Lipinski definition) is 2. The summed E-state index contributed by atoms with van der Waals surface area (Å²) in [4.78, 5) is 0. The third-order valence-electron chi connectivity index (χ3n) is 0. The van der Waals surface area contributed by atoms with Crippen LogP contribution in [0.4, 0.5) is 0 Å². The Bertz CT molecular complexity index is 138. The van der Waals surface area contributed by atoms with E-state index in [1.807, 2.05) is 0 Å². The van der Waals surface area contributed by atoms with Gasteiger partial charge in [-0.2, -0.15) is 0 Å². The molecule has 0 aliphatic heterocycles. The summed E-state index contributed by atoms with van der Waals surface area (Å²) >= 11 is -5.22. The molecule has 0 atom stereocenters. The zero-order valence-corrected chi connectivity index (χ0v) is 12.7. The Kier molecular flexibility index (Phi) is 76.1. The van der Waals surface area contributed by atoms with Crippen molar-refractivity contribution < 1.29 is 60.9 Å². The van der Waals surface area contributed by atoms with Crippen molar-refractivity contribution >= 4 is 42.6 Å². The molecule has 0 aromatic heterocycles. The summed E-state index contributed by atoms with van der Waals surface area (Å²) in [7, 11) is 0. The van der Waals surface area contributed by atoms with E-state index in [1.165, 1.54) is 0 Å². The fourth-order valence-electron chi connectivity index (χ4n) is 0. The number of hydrogen-bond acceptors (Lipinski definition) is 6. The van der Waals surface area contributed by atoms with Gasteiger partial charge in [-0.1, -0.05) is 0 Å². The van der Waals surface area contributed by atoms with E-state index in [0.29, 0.717) is 0 Å². The van der Waals surface area contributed by atoms with Crippen LogP contribution in [0.25, 0.3) is 0 Å². The van der Waals surface area contributed by atoms with E-state index in [-0.39, 0.29) is 0 Å². The average molecular weight is 480 g/mol. The second-order valence-corrected chi connectivity index (χ2v) is 2.54. The van der Waals surface area contributed by atoms with Gasteiger partial charge < -0.3 is 0 Å². The quantitative estimate of drug-likeness (QED) is 0.360. The predicted molar refractivity (Wildman–Crippen MR) is 20.1 cm³/mol. The van der Waals surface area contributed by atoms with Gasteiger partial charge in [0.05, 0.1) is 0 Å². The molecule has 0 unspecified atom stereocenters. The van der Waals surface area contributed by atoms with Crippen molar-refractivity contribution in [2.24, 2.45) is 0 Å². The molecule has 0 saturated heterocycles. The van der Waals surface area contributed by atoms with Crippen molar-refractivity contribution in [2.75, 3.05) is 0 Å². The Balaban J connectivity index is -0.0000000368. The second-order valence-electron chi connectivity index (χ2n) is 0.411. The zero-order chi connectivity index (χ0) is 11.0. The van der Waals surface area contributed by atoms with E-state index < -0.39 is 61.7 Å². The summed E-state index contributed by atoms with van der Waals surface area (Å²) in [5.74, 6) is 0. The van der Waals surface area contributed by atoms with Crippen LogP contribution < -0.4 is 0 Å². The molecule has 8 nitrogen and oxygen atoms in total. The maximum atomic E-state index is 8.82. The van der Waals surface area contributed by atoms with Crippen molar-refractivity contribution in [1.29, 1.82) is 0 Å². The molecule has 0 rings (SSSR count). The molecule has 0 aliphatic rings. The SMILES string of the molecule is [O]=[Ni].[O]=[Sb]([OH])[OH].[O]=[Sb]=[O].[O]=[Ti]=[O]. The van der Waals surface area contributed by atoms with Crippen molar-refractivity contribution in [2.45, 2.75) is 0 Å². The summed E-state index contributed by atoms with van der Waals surface area (Å²) in [6, 6.07) is 0. The molecule has 0 aromatic carbocycles. The topological polar surface area (TPSA) is 143 Å². The van der Waals surface area contributed by atoms with Gasteiger partial charge in [-0.3, -0.25) is 0 Å². The fourth-order valence-corrected chi connectivity index (χ4v) is 0. The van der Waals surface area contributed by atoms with E-state index in [2.05, 4.69) is 15.4 Å². The Morgan fingerprint density at radius 1 is 1.17 bits per heavy atom. The van der Waals surface area contributed by atoms with Gasteiger partial charge >= 0.3 is 103 Å². The average Bonchev–Trinajstić information content (AvgIpc) is 1.92. The first-order valence-electron chi connectivity index (χ1n) is 1.49. The van der Waals surface area contributed by atoms with Crippen LogP contribution in [0, 0.1) is 0 Å². The van der Waals surface area contributed by atoms with Gasteiger partial charge in [0.2, 0.25) is 0 Å². The fraction of sp³-hybridized carbons (Fsp3) is 0. The molecule has 2 N–H and O–H groups in total. The van der Waals surface area contributed by atoms with Crippen LogP contribution in [0.2, 0.25) is 0 Å². The van der Waals surface area contributed by atoms with Gasteiger partial charge in [0.1, 0.15) is 0 Å². The minimum absolute atomic E-state index is 2.00. The Labute approximate surface area is 102 Å². The van der Waals surface area contributed by atoms with E-state index >= 15 is 0 Å². The van der Waals surface area contributed by atoms with E-state index in [0.717, 1.165) is 0 Å². The second kappa shape index (κ2) is 39.0. The first-order valence-corrected chi connectivity index (χ1v) is 8.57. The third-order valence-corrected chi connectivity index (χ3v) is 0. The summed E-state index contributed by atoms with van der Waals surface area (Å²) in [6.07, 6.45) is 0. The van der Waals surface area contributed by atoms with Crippen molar-refractivity contribution in [3.63, 3.8) is 0 Å². The Morgan fingerprint density at radius 2 is 1.17 bits per heavy atom. The summed E-state index contributed by atoms with van der Waals surface area (Å²) in [5, 5.41) is 0. The van der Waals surface area contributed by atoms with Crippen LogP contribution in [0.1, 0.15) is 0 Å². The maximum absolute atomic E-state index is 8.82. The molecule has 12 heavy (non-hydrogen) atoms.